The Morgan fingerprint density at radius 2 is 2.12 bits per heavy atom. The summed E-state index contributed by atoms with van der Waals surface area (Å²) >= 11 is 0. The van der Waals surface area contributed by atoms with Gasteiger partial charge in [-0.15, -0.1) is 0 Å². The van der Waals surface area contributed by atoms with Crippen molar-refractivity contribution in [3.05, 3.63) is 46.3 Å². The third-order valence-corrected chi connectivity index (χ3v) is 3.22. The lowest BCUT2D eigenvalue weighted by Crippen LogP contribution is -2.28. The number of aliphatic hydroxyl groups is 1. The minimum Gasteiger partial charge on any atom is -0.395 e. The number of likely N-dealkylation sites (N-methyl/N-ethyl adjacent to an activating group) is 1. The van der Waals surface area contributed by atoms with Gasteiger partial charge >= 0.3 is 5.69 Å². The summed E-state index contributed by atoms with van der Waals surface area (Å²) in [7, 11) is 0. The van der Waals surface area contributed by atoms with Crippen molar-refractivity contribution in [3.63, 3.8) is 0 Å². The topological polar surface area (TPSA) is 104 Å². The fraction of sp³-hybridized carbons (Fsp3) is 0.286. The van der Waals surface area contributed by atoms with Crippen LogP contribution in [0.3, 0.4) is 0 Å². The quantitative estimate of drug-likeness (QED) is 0.589. The number of aromatic nitrogens is 2. The lowest BCUT2D eigenvalue weighted by molar-refractivity contribution is -0.383. The molecule has 10 heteroatoms. The zero-order valence-corrected chi connectivity index (χ0v) is 12.7. The minimum atomic E-state index is -0.910. The molecule has 0 saturated carbocycles. The predicted molar refractivity (Wildman–Crippen MR) is 83.3 cm³/mol. The molecule has 0 aliphatic heterocycles. The lowest BCUT2D eigenvalue weighted by Gasteiger charge is -2.21. The van der Waals surface area contributed by atoms with Crippen LogP contribution in [0.15, 0.2) is 24.5 Å². The summed E-state index contributed by atoms with van der Waals surface area (Å²) in [6.07, 6.45) is 1.09. The molecule has 0 atom stereocenters. The summed E-state index contributed by atoms with van der Waals surface area (Å²) in [5.74, 6) is -1.91. The molecule has 0 amide bonds. The van der Waals surface area contributed by atoms with Gasteiger partial charge in [0.15, 0.2) is 0 Å². The van der Waals surface area contributed by atoms with Crippen molar-refractivity contribution in [2.75, 3.05) is 29.9 Å². The molecule has 0 aliphatic carbocycles. The van der Waals surface area contributed by atoms with E-state index in [-0.39, 0.29) is 30.5 Å². The van der Waals surface area contributed by atoms with E-state index in [2.05, 4.69) is 15.3 Å². The van der Waals surface area contributed by atoms with Crippen LogP contribution in [0.4, 0.5) is 31.8 Å². The highest BCUT2D eigenvalue weighted by molar-refractivity contribution is 5.74. The Balaban J connectivity index is 2.48. The van der Waals surface area contributed by atoms with E-state index >= 15 is 0 Å². The molecule has 0 radical (unpaired) electrons. The zero-order chi connectivity index (χ0) is 17.7. The van der Waals surface area contributed by atoms with Gasteiger partial charge in [0, 0.05) is 19.2 Å². The fourth-order valence-electron chi connectivity index (χ4n) is 2.11. The van der Waals surface area contributed by atoms with Crippen molar-refractivity contribution in [1.82, 2.24) is 9.97 Å². The van der Waals surface area contributed by atoms with E-state index < -0.39 is 22.2 Å². The number of nitro groups is 1. The van der Waals surface area contributed by atoms with Crippen LogP contribution in [0.25, 0.3) is 0 Å². The zero-order valence-electron chi connectivity index (χ0n) is 12.7. The number of nitrogens with one attached hydrogen (secondary N) is 1. The van der Waals surface area contributed by atoms with E-state index in [0.717, 1.165) is 18.5 Å². The van der Waals surface area contributed by atoms with Gasteiger partial charge in [0.2, 0.25) is 11.6 Å². The van der Waals surface area contributed by atoms with Crippen molar-refractivity contribution in [2.24, 2.45) is 0 Å². The Hall–Kier alpha value is -2.88. The van der Waals surface area contributed by atoms with E-state index in [0.29, 0.717) is 12.6 Å². The van der Waals surface area contributed by atoms with E-state index in [4.69, 9.17) is 5.11 Å². The van der Waals surface area contributed by atoms with Gasteiger partial charge in [-0.3, -0.25) is 10.1 Å². The number of hydrogen-bond donors (Lipinski definition) is 2. The predicted octanol–water partition coefficient (Wildman–Crippen LogP) is 2.23. The van der Waals surface area contributed by atoms with Gasteiger partial charge in [0.05, 0.1) is 17.2 Å². The van der Waals surface area contributed by atoms with E-state index in [1.54, 1.807) is 6.92 Å². The molecule has 128 valence electrons. The summed E-state index contributed by atoms with van der Waals surface area (Å²) in [4.78, 5) is 19.9. The van der Waals surface area contributed by atoms with Crippen LogP contribution >= 0.6 is 0 Å². The minimum absolute atomic E-state index is 0.00318. The Morgan fingerprint density at radius 3 is 2.71 bits per heavy atom. The molecule has 0 bridgehead atoms. The molecule has 2 rings (SSSR count). The average molecular weight is 339 g/mol. The maximum atomic E-state index is 13.8. The van der Waals surface area contributed by atoms with Gasteiger partial charge in [-0.2, -0.15) is 0 Å². The number of benzene rings is 1. The molecular formula is C14H15F2N5O3. The van der Waals surface area contributed by atoms with Crippen LogP contribution in [-0.2, 0) is 0 Å². The van der Waals surface area contributed by atoms with Crippen molar-refractivity contribution < 1.29 is 18.8 Å². The maximum Gasteiger partial charge on any atom is 0.353 e. The molecular weight excluding hydrogens is 324 g/mol. The summed E-state index contributed by atoms with van der Waals surface area (Å²) in [6.45, 7) is 2.03. The molecule has 0 aliphatic rings. The van der Waals surface area contributed by atoms with Crippen molar-refractivity contribution in [3.8, 4) is 0 Å². The summed E-state index contributed by atoms with van der Waals surface area (Å²) in [5, 5.41) is 23.0. The molecule has 0 saturated heterocycles. The monoisotopic (exact) mass is 339 g/mol. The molecule has 2 aromatic rings. The third kappa shape index (κ3) is 3.71. The van der Waals surface area contributed by atoms with Crippen LogP contribution in [-0.4, -0.2) is 39.7 Å². The number of anilines is 3. The number of hydrogen-bond acceptors (Lipinski definition) is 7. The Bertz CT molecular complexity index is 744. The molecule has 8 nitrogen and oxygen atoms in total. The summed E-state index contributed by atoms with van der Waals surface area (Å²) < 4.78 is 26.7. The highest BCUT2D eigenvalue weighted by Crippen LogP contribution is 2.33. The molecule has 24 heavy (non-hydrogen) atoms. The van der Waals surface area contributed by atoms with Crippen LogP contribution in [0, 0.1) is 21.7 Å². The number of rotatable bonds is 7. The lowest BCUT2D eigenvalue weighted by atomic mass is 10.3. The molecule has 0 spiro atoms. The maximum absolute atomic E-state index is 13.8. The van der Waals surface area contributed by atoms with Gasteiger partial charge in [0.1, 0.15) is 18.0 Å². The molecule has 0 unspecified atom stereocenters. The Morgan fingerprint density at radius 1 is 1.38 bits per heavy atom. The summed E-state index contributed by atoms with van der Waals surface area (Å²) in [6, 6.07) is 2.78. The van der Waals surface area contributed by atoms with Gasteiger partial charge in [-0.25, -0.2) is 18.7 Å². The Labute approximate surface area is 135 Å². The van der Waals surface area contributed by atoms with Crippen molar-refractivity contribution in [2.45, 2.75) is 6.92 Å². The first-order chi connectivity index (χ1) is 11.5. The first kappa shape index (κ1) is 17.5. The van der Waals surface area contributed by atoms with E-state index in [1.807, 2.05) is 0 Å². The highest BCUT2D eigenvalue weighted by Gasteiger charge is 2.27. The highest BCUT2D eigenvalue weighted by atomic mass is 19.1. The molecule has 0 fully saturated rings. The Kier molecular flexibility index (Phi) is 5.53. The smallest absolute Gasteiger partial charge is 0.353 e. The second-order valence-electron chi connectivity index (χ2n) is 4.70. The molecule has 1 aromatic heterocycles. The van der Waals surface area contributed by atoms with E-state index in [1.165, 1.54) is 4.90 Å². The van der Waals surface area contributed by atoms with E-state index in [9.17, 15) is 18.9 Å². The first-order valence-electron chi connectivity index (χ1n) is 7.05. The van der Waals surface area contributed by atoms with Gasteiger partial charge < -0.3 is 15.3 Å². The molecule has 1 heterocycles. The van der Waals surface area contributed by atoms with Gasteiger partial charge in [-0.05, 0) is 19.1 Å². The number of halogens is 2. The van der Waals surface area contributed by atoms with Crippen LogP contribution in [0.1, 0.15) is 6.92 Å². The van der Waals surface area contributed by atoms with Gasteiger partial charge in [-0.1, -0.05) is 0 Å². The summed E-state index contributed by atoms with van der Waals surface area (Å²) in [5.41, 5.74) is -0.620. The molecule has 2 N–H and O–H groups in total. The van der Waals surface area contributed by atoms with Crippen LogP contribution in [0.5, 0.6) is 0 Å². The van der Waals surface area contributed by atoms with Crippen LogP contribution in [0.2, 0.25) is 0 Å². The fourth-order valence-corrected chi connectivity index (χ4v) is 2.11. The number of nitrogens with zero attached hydrogens (tertiary/aromatic N) is 4. The van der Waals surface area contributed by atoms with Crippen molar-refractivity contribution in [1.29, 1.82) is 0 Å². The second-order valence-corrected chi connectivity index (χ2v) is 4.70. The third-order valence-electron chi connectivity index (χ3n) is 3.22. The average Bonchev–Trinajstić information content (AvgIpc) is 2.54. The number of aliphatic hydroxyl groups excluding tert-OH is 1. The second kappa shape index (κ2) is 7.59. The van der Waals surface area contributed by atoms with Gasteiger partial charge in [0.25, 0.3) is 0 Å². The molecule has 1 aromatic carbocycles. The van der Waals surface area contributed by atoms with Crippen molar-refractivity contribution >= 4 is 23.0 Å². The van der Waals surface area contributed by atoms with Crippen LogP contribution < -0.4 is 10.2 Å². The normalized spacial score (nSPS) is 10.5. The standard InChI is InChI=1S/C14H15F2N5O3/c1-2-20(5-6-22)14-12(21(23)24)13(17-8-18-14)19-11-4-3-9(15)7-10(11)16/h3-4,7-8,22H,2,5-6H2,1H3,(H,17,18,19). The first-order valence-corrected chi connectivity index (χ1v) is 7.05. The largest absolute Gasteiger partial charge is 0.395 e. The SMILES string of the molecule is CCN(CCO)c1ncnc(Nc2ccc(F)cc2F)c1[N+](=O)[O-].